The molecular weight excluding hydrogens is 745 g/mol. The number of hydrogen-bond donors (Lipinski definition) is 0. The summed E-state index contributed by atoms with van der Waals surface area (Å²) in [7, 11) is 0. The van der Waals surface area contributed by atoms with E-state index in [1.54, 1.807) is 0 Å². The maximum Gasteiger partial charge on any atom is 0.235 e. The van der Waals surface area contributed by atoms with E-state index in [9.17, 15) is 0 Å². The molecule has 0 aliphatic rings. The Balaban J connectivity index is 1.16. The predicted molar refractivity (Wildman–Crippen MR) is 252 cm³/mol. The fourth-order valence-electron chi connectivity index (χ4n) is 9.62. The second-order valence-corrected chi connectivity index (χ2v) is 15.7. The zero-order valence-corrected chi connectivity index (χ0v) is 32.8. The first kappa shape index (κ1) is 33.7. The molecule has 284 valence electrons. The zero-order chi connectivity index (χ0) is 40.0. The van der Waals surface area contributed by atoms with Crippen LogP contribution in [-0.4, -0.2) is 19.1 Å². The number of furan rings is 1. The molecule has 4 aromatic heterocycles. The fraction of sp³-hybridized carbons (Fsp3) is 0. The van der Waals surface area contributed by atoms with E-state index in [1.165, 1.54) is 16.7 Å². The van der Waals surface area contributed by atoms with Crippen molar-refractivity contribution in [3.63, 3.8) is 0 Å². The van der Waals surface area contributed by atoms with E-state index in [4.69, 9.17) is 14.4 Å². The first-order chi connectivity index (χ1) is 30.3. The molecule has 0 amide bonds. The van der Waals surface area contributed by atoms with Gasteiger partial charge in [-0.15, -0.1) is 0 Å². The van der Waals surface area contributed by atoms with Crippen molar-refractivity contribution in [2.75, 3.05) is 0 Å². The van der Waals surface area contributed by atoms with E-state index >= 15 is 0 Å². The van der Waals surface area contributed by atoms with Crippen molar-refractivity contribution < 1.29 is 4.42 Å². The van der Waals surface area contributed by atoms with E-state index in [0.29, 0.717) is 5.95 Å². The van der Waals surface area contributed by atoms with Crippen LogP contribution in [0.5, 0.6) is 0 Å². The molecule has 0 aliphatic heterocycles. The lowest BCUT2D eigenvalue weighted by molar-refractivity contribution is 0.669. The van der Waals surface area contributed by atoms with Gasteiger partial charge >= 0.3 is 0 Å². The highest BCUT2D eigenvalue weighted by atomic mass is 16.3. The smallest absolute Gasteiger partial charge is 0.235 e. The molecule has 5 heteroatoms. The standard InChI is InChI=1S/C56H34N4O/c1-3-14-35(15-4-1)37-26-28-38(29-27-37)53-43-20-7-10-23-46(43)57-56(58-53)60-54-41(42-31-33-50-52(55(42)60)45-22-9-12-25-49(45)61-50)30-32-48-51(54)44-21-8-11-24-47(44)59(48)40-19-13-18-39(34-40)36-16-5-2-6-17-36/h1-34H. The minimum absolute atomic E-state index is 0.606. The van der Waals surface area contributed by atoms with Crippen molar-refractivity contribution in [1.82, 2.24) is 19.1 Å². The van der Waals surface area contributed by atoms with Gasteiger partial charge in [0.25, 0.3) is 0 Å². The first-order valence-corrected chi connectivity index (χ1v) is 20.7. The van der Waals surface area contributed by atoms with Crippen molar-refractivity contribution in [3.05, 3.63) is 206 Å². The largest absolute Gasteiger partial charge is 0.456 e. The molecule has 0 unspecified atom stereocenters. The molecule has 0 fully saturated rings. The van der Waals surface area contributed by atoms with Crippen LogP contribution in [0.15, 0.2) is 211 Å². The van der Waals surface area contributed by atoms with E-state index in [2.05, 4.69) is 203 Å². The van der Waals surface area contributed by atoms with Gasteiger partial charge in [-0.25, -0.2) is 9.97 Å². The van der Waals surface area contributed by atoms with Crippen molar-refractivity contribution >= 4 is 76.5 Å². The van der Waals surface area contributed by atoms with Gasteiger partial charge in [0.1, 0.15) is 11.2 Å². The van der Waals surface area contributed by atoms with Gasteiger partial charge in [0.15, 0.2) is 0 Å². The number of rotatable bonds is 5. The summed E-state index contributed by atoms with van der Waals surface area (Å²) >= 11 is 0. The average molecular weight is 779 g/mol. The van der Waals surface area contributed by atoms with Crippen LogP contribution in [0, 0.1) is 0 Å². The third-order valence-corrected chi connectivity index (χ3v) is 12.3. The average Bonchev–Trinajstić information content (AvgIpc) is 3.99. The summed E-state index contributed by atoms with van der Waals surface area (Å²) in [6.07, 6.45) is 0. The molecule has 0 N–H and O–H groups in total. The Morgan fingerprint density at radius 2 is 0.951 bits per heavy atom. The third kappa shape index (κ3) is 5.08. The molecule has 5 nitrogen and oxygen atoms in total. The zero-order valence-electron chi connectivity index (χ0n) is 32.8. The van der Waals surface area contributed by atoms with E-state index in [1.807, 2.05) is 12.1 Å². The van der Waals surface area contributed by atoms with Crippen LogP contribution >= 0.6 is 0 Å². The van der Waals surface area contributed by atoms with E-state index in [-0.39, 0.29) is 0 Å². The van der Waals surface area contributed by atoms with Crippen molar-refractivity contribution in [3.8, 4) is 45.1 Å². The maximum absolute atomic E-state index is 6.57. The Kier molecular flexibility index (Phi) is 7.24. The monoisotopic (exact) mass is 778 g/mol. The molecule has 0 aliphatic carbocycles. The molecule has 13 aromatic rings. The van der Waals surface area contributed by atoms with Crippen LogP contribution < -0.4 is 0 Å². The van der Waals surface area contributed by atoms with E-state index in [0.717, 1.165) is 99.0 Å². The topological polar surface area (TPSA) is 48.8 Å². The Morgan fingerprint density at radius 1 is 0.344 bits per heavy atom. The van der Waals surface area contributed by atoms with E-state index < -0.39 is 0 Å². The highest BCUT2D eigenvalue weighted by Crippen LogP contribution is 2.46. The number of benzene rings is 9. The second-order valence-electron chi connectivity index (χ2n) is 15.7. The van der Waals surface area contributed by atoms with Crippen molar-refractivity contribution in [2.24, 2.45) is 0 Å². The number of nitrogens with zero attached hydrogens (tertiary/aromatic N) is 4. The molecule has 0 saturated carbocycles. The first-order valence-electron chi connectivity index (χ1n) is 20.7. The molecule has 61 heavy (non-hydrogen) atoms. The molecule has 0 atom stereocenters. The Labute approximate surface area is 350 Å². The van der Waals surface area contributed by atoms with Crippen LogP contribution in [-0.2, 0) is 0 Å². The summed E-state index contributed by atoms with van der Waals surface area (Å²) in [5.41, 5.74) is 14.6. The van der Waals surface area contributed by atoms with Crippen LogP contribution in [0.1, 0.15) is 0 Å². The van der Waals surface area contributed by atoms with Gasteiger partial charge < -0.3 is 8.98 Å². The maximum atomic E-state index is 6.57. The molecule has 9 aromatic carbocycles. The van der Waals surface area contributed by atoms with Gasteiger partial charge in [-0.1, -0.05) is 158 Å². The molecule has 0 saturated heterocycles. The summed E-state index contributed by atoms with van der Waals surface area (Å²) in [6, 6.07) is 73.0. The van der Waals surface area contributed by atoms with Gasteiger partial charge in [0, 0.05) is 43.6 Å². The van der Waals surface area contributed by atoms with Gasteiger partial charge in [-0.05, 0) is 70.8 Å². The lowest BCUT2D eigenvalue weighted by Crippen LogP contribution is -2.04. The van der Waals surface area contributed by atoms with Gasteiger partial charge in [-0.2, -0.15) is 0 Å². The predicted octanol–water partition coefficient (Wildman–Crippen LogP) is 14.7. The van der Waals surface area contributed by atoms with Crippen molar-refractivity contribution in [1.29, 1.82) is 0 Å². The number of hydrogen-bond acceptors (Lipinski definition) is 3. The summed E-state index contributed by atoms with van der Waals surface area (Å²) < 4.78 is 11.3. The van der Waals surface area contributed by atoms with Gasteiger partial charge in [-0.3, -0.25) is 4.57 Å². The second kappa shape index (κ2) is 13.1. The molecular formula is C56H34N4O. The molecule has 4 heterocycles. The Bertz CT molecular complexity index is 3860. The van der Waals surface area contributed by atoms with Crippen LogP contribution in [0.3, 0.4) is 0 Å². The van der Waals surface area contributed by atoms with Crippen LogP contribution in [0.25, 0.3) is 122 Å². The summed E-state index contributed by atoms with van der Waals surface area (Å²) in [5, 5.41) is 7.64. The summed E-state index contributed by atoms with van der Waals surface area (Å²) in [5.74, 6) is 0.606. The fourth-order valence-corrected chi connectivity index (χ4v) is 9.62. The lowest BCUT2D eigenvalue weighted by atomic mass is 10.0. The minimum Gasteiger partial charge on any atom is -0.456 e. The Hall–Kier alpha value is -8.28. The molecule has 0 bridgehead atoms. The highest BCUT2D eigenvalue weighted by molar-refractivity contribution is 6.30. The normalized spacial score (nSPS) is 11.9. The van der Waals surface area contributed by atoms with Crippen LogP contribution in [0.4, 0.5) is 0 Å². The summed E-state index contributed by atoms with van der Waals surface area (Å²) in [4.78, 5) is 11.1. The lowest BCUT2D eigenvalue weighted by Gasteiger charge is -2.13. The van der Waals surface area contributed by atoms with Crippen molar-refractivity contribution in [2.45, 2.75) is 0 Å². The van der Waals surface area contributed by atoms with Gasteiger partial charge in [0.05, 0.1) is 38.7 Å². The van der Waals surface area contributed by atoms with Crippen LogP contribution in [0.2, 0.25) is 0 Å². The minimum atomic E-state index is 0.606. The SMILES string of the molecule is c1ccc(-c2ccc(-c3nc(-n4c5c(ccc6oc7ccccc7c65)c5ccc6c(c7ccccc7n6-c6cccc(-c7ccccc7)c6)c54)nc4ccccc34)cc2)cc1. The van der Waals surface area contributed by atoms with Gasteiger partial charge in [0.2, 0.25) is 5.95 Å². The number of aromatic nitrogens is 4. The number of para-hydroxylation sites is 3. The molecule has 0 spiro atoms. The molecule has 0 radical (unpaired) electrons. The highest BCUT2D eigenvalue weighted by Gasteiger charge is 2.26. The third-order valence-electron chi connectivity index (χ3n) is 12.3. The molecule has 13 rings (SSSR count). The summed E-state index contributed by atoms with van der Waals surface area (Å²) in [6.45, 7) is 0. The quantitative estimate of drug-likeness (QED) is 0.175. The number of fused-ring (bicyclic) bond motifs is 12. The Morgan fingerprint density at radius 3 is 1.75 bits per heavy atom.